The highest BCUT2D eigenvalue weighted by Crippen LogP contribution is 2.31. The van der Waals surface area contributed by atoms with Crippen molar-refractivity contribution in [3.05, 3.63) is 11.3 Å². The van der Waals surface area contributed by atoms with Crippen LogP contribution in [0.4, 0.5) is 0 Å². The summed E-state index contributed by atoms with van der Waals surface area (Å²) < 4.78 is 9.40. The lowest BCUT2D eigenvalue weighted by Crippen LogP contribution is -2.24. The second-order valence-corrected chi connectivity index (χ2v) is 4.07. The highest BCUT2D eigenvalue weighted by molar-refractivity contribution is 7.80. The van der Waals surface area contributed by atoms with Crippen LogP contribution < -0.4 is 0 Å². The summed E-state index contributed by atoms with van der Waals surface area (Å²) in [4.78, 5) is 27.3. The van der Waals surface area contributed by atoms with Gasteiger partial charge in [-0.2, -0.15) is 0 Å². The molecule has 6 heteroatoms. The van der Waals surface area contributed by atoms with Crippen molar-refractivity contribution in [1.29, 1.82) is 0 Å². The lowest BCUT2D eigenvalue weighted by Gasteiger charge is -2.22. The van der Waals surface area contributed by atoms with Gasteiger partial charge >= 0.3 is 11.9 Å². The van der Waals surface area contributed by atoms with E-state index >= 15 is 0 Å². The predicted octanol–water partition coefficient (Wildman–Crippen LogP) is 1.46. The predicted molar refractivity (Wildman–Crippen MR) is 70.5 cm³/mol. The zero-order chi connectivity index (χ0) is 13.5. The number of ether oxygens (including phenoxy) is 2. The van der Waals surface area contributed by atoms with Crippen molar-refractivity contribution in [3.63, 3.8) is 0 Å². The second kappa shape index (κ2) is 7.00. The zero-order valence-corrected chi connectivity index (χ0v) is 11.2. The first kappa shape index (κ1) is 14.5. The summed E-state index contributed by atoms with van der Waals surface area (Å²) in [6, 6.07) is 0. The van der Waals surface area contributed by atoms with E-state index in [0.29, 0.717) is 30.5 Å². The highest BCUT2D eigenvalue weighted by atomic mass is 32.1. The van der Waals surface area contributed by atoms with E-state index in [1.807, 2.05) is 0 Å². The lowest BCUT2D eigenvalue weighted by atomic mass is 9.87. The van der Waals surface area contributed by atoms with Crippen LogP contribution in [0, 0.1) is 5.92 Å². The maximum Gasteiger partial charge on any atom is 0.335 e. The van der Waals surface area contributed by atoms with Crippen LogP contribution in [-0.2, 0) is 19.1 Å². The van der Waals surface area contributed by atoms with Gasteiger partial charge in [-0.1, -0.05) is 12.2 Å². The van der Waals surface area contributed by atoms with E-state index in [2.05, 4.69) is 17.2 Å². The first-order valence-electron chi connectivity index (χ1n) is 5.50. The summed E-state index contributed by atoms with van der Waals surface area (Å²) in [7, 11) is 2.64. The van der Waals surface area contributed by atoms with Crippen LogP contribution in [0.2, 0.25) is 0 Å². The molecule has 0 heterocycles. The van der Waals surface area contributed by atoms with E-state index in [1.54, 1.807) is 0 Å². The number of thiocarbonyl (C=S) groups is 1. The molecule has 98 valence electrons. The quantitative estimate of drug-likeness (QED) is 0.439. The van der Waals surface area contributed by atoms with E-state index in [-0.39, 0.29) is 11.9 Å². The Labute approximate surface area is 111 Å². The third-order valence-corrected chi connectivity index (χ3v) is 2.91. The van der Waals surface area contributed by atoms with E-state index < -0.39 is 5.97 Å². The number of methoxy groups -OCH3 is 2. The topological polar surface area (TPSA) is 65.0 Å². The van der Waals surface area contributed by atoms with Crippen molar-refractivity contribution >= 4 is 35.7 Å². The standard InChI is InChI=1S/C12H15NO4S/c1-16-11(14)8-3-4-10(13-5-6-18)9(7-8)12(15)17-2/h5-6,8H,3-4,7H2,1-2H3. The summed E-state index contributed by atoms with van der Waals surface area (Å²) in [5.74, 6) is -1.08. The van der Waals surface area contributed by atoms with Crippen LogP contribution in [0.25, 0.3) is 0 Å². The maximum atomic E-state index is 11.7. The highest BCUT2D eigenvalue weighted by Gasteiger charge is 2.30. The minimum atomic E-state index is -0.458. The van der Waals surface area contributed by atoms with E-state index in [9.17, 15) is 9.59 Å². The van der Waals surface area contributed by atoms with Crippen molar-refractivity contribution in [2.45, 2.75) is 19.3 Å². The Hall–Kier alpha value is -1.56. The molecule has 0 saturated carbocycles. The fraction of sp³-hybridized carbons (Fsp3) is 0.500. The molecule has 0 fully saturated rings. The van der Waals surface area contributed by atoms with Gasteiger partial charge in [0.2, 0.25) is 0 Å². The molecule has 1 rings (SSSR count). The normalized spacial score (nSPS) is 19.8. The molecule has 0 aromatic rings. The number of hydrogen-bond donors (Lipinski definition) is 0. The van der Waals surface area contributed by atoms with Gasteiger partial charge in [-0.15, -0.1) is 0 Å². The Morgan fingerprint density at radius 2 is 2.11 bits per heavy atom. The summed E-state index contributed by atoms with van der Waals surface area (Å²) >= 11 is 4.65. The first-order chi connectivity index (χ1) is 8.63. The van der Waals surface area contributed by atoms with Crippen molar-refractivity contribution in [1.82, 2.24) is 0 Å². The SMILES string of the molecule is COC(=O)C1=C(N=CC=S)CCC(C(=O)OC)C1. The number of hydrogen-bond acceptors (Lipinski definition) is 6. The van der Waals surface area contributed by atoms with Gasteiger partial charge in [0.1, 0.15) is 0 Å². The number of rotatable bonds is 4. The molecule has 0 aliphatic heterocycles. The molecule has 5 nitrogen and oxygen atoms in total. The molecular formula is C12H15NO4S. The molecule has 0 aromatic carbocycles. The molecular weight excluding hydrogens is 254 g/mol. The number of allylic oxidation sites excluding steroid dienone is 1. The van der Waals surface area contributed by atoms with Crippen LogP contribution in [0.3, 0.4) is 0 Å². The van der Waals surface area contributed by atoms with Crippen molar-refractivity contribution in [2.75, 3.05) is 14.2 Å². The van der Waals surface area contributed by atoms with Gasteiger partial charge in [0.25, 0.3) is 0 Å². The van der Waals surface area contributed by atoms with E-state index in [0.717, 1.165) is 0 Å². The third-order valence-electron chi connectivity index (χ3n) is 2.79. The van der Waals surface area contributed by atoms with Crippen LogP contribution in [0.5, 0.6) is 0 Å². The Morgan fingerprint density at radius 1 is 1.39 bits per heavy atom. The van der Waals surface area contributed by atoms with Crippen LogP contribution in [0.15, 0.2) is 16.3 Å². The van der Waals surface area contributed by atoms with Crippen LogP contribution in [-0.4, -0.2) is 37.7 Å². The molecule has 0 aromatic heterocycles. The fourth-order valence-corrected chi connectivity index (χ4v) is 1.94. The number of aliphatic imine (C=N–C) groups is 1. The summed E-state index contributed by atoms with van der Waals surface area (Å²) in [5, 5.41) is 1.37. The summed E-state index contributed by atoms with van der Waals surface area (Å²) in [5.41, 5.74) is 1.05. The molecule has 0 bridgehead atoms. The Bertz CT molecular complexity index is 414. The van der Waals surface area contributed by atoms with Crippen LogP contribution in [0.1, 0.15) is 19.3 Å². The minimum absolute atomic E-state index is 0.295. The van der Waals surface area contributed by atoms with Gasteiger partial charge in [0.05, 0.1) is 31.4 Å². The molecule has 1 unspecified atom stereocenters. The van der Waals surface area contributed by atoms with Crippen molar-refractivity contribution < 1.29 is 19.1 Å². The average Bonchev–Trinajstić information content (AvgIpc) is 2.43. The Morgan fingerprint density at radius 3 is 2.67 bits per heavy atom. The molecule has 18 heavy (non-hydrogen) atoms. The lowest BCUT2D eigenvalue weighted by molar-refractivity contribution is -0.146. The number of nitrogens with zero attached hydrogens (tertiary/aromatic N) is 1. The molecule has 0 radical (unpaired) electrons. The molecule has 0 amide bonds. The Balaban J connectivity index is 2.98. The van der Waals surface area contributed by atoms with Gasteiger partial charge < -0.3 is 9.47 Å². The van der Waals surface area contributed by atoms with E-state index in [4.69, 9.17) is 9.47 Å². The molecule has 1 atom stereocenters. The smallest absolute Gasteiger partial charge is 0.335 e. The fourth-order valence-electron chi connectivity index (χ4n) is 1.88. The average molecular weight is 269 g/mol. The maximum absolute atomic E-state index is 11.7. The number of carbonyl (C=O) groups excluding carboxylic acids is 2. The van der Waals surface area contributed by atoms with E-state index in [1.165, 1.54) is 25.8 Å². The van der Waals surface area contributed by atoms with Gasteiger partial charge in [0.15, 0.2) is 0 Å². The number of esters is 2. The molecule has 0 N–H and O–H groups in total. The molecule has 1 aliphatic carbocycles. The van der Waals surface area contributed by atoms with Crippen LogP contribution >= 0.6 is 12.2 Å². The van der Waals surface area contributed by atoms with Gasteiger partial charge in [-0.25, -0.2) is 4.79 Å². The summed E-state index contributed by atoms with van der Waals surface area (Å²) in [6.07, 6.45) is 2.89. The molecule has 0 spiro atoms. The zero-order valence-electron chi connectivity index (χ0n) is 10.3. The number of carbonyl (C=O) groups is 2. The van der Waals surface area contributed by atoms with Gasteiger partial charge in [0, 0.05) is 11.6 Å². The largest absolute Gasteiger partial charge is 0.469 e. The minimum Gasteiger partial charge on any atom is -0.469 e. The third kappa shape index (κ3) is 3.46. The second-order valence-electron chi connectivity index (χ2n) is 3.79. The molecule has 1 aliphatic rings. The molecule has 0 saturated heterocycles. The monoisotopic (exact) mass is 269 g/mol. The van der Waals surface area contributed by atoms with Crippen molar-refractivity contribution in [3.8, 4) is 0 Å². The Kier molecular flexibility index (Phi) is 5.64. The van der Waals surface area contributed by atoms with Gasteiger partial charge in [-0.05, 0) is 19.3 Å². The summed E-state index contributed by atoms with van der Waals surface area (Å²) in [6.45, 7) is 0. The van der Waals surface area contributed by atoms with Gasteiger partial charge in [-0.3, -0.25) is 9.79 Å². The first-order valence-corrected chi connectivity index (χ1v) is 5.97. The van der Waals surface area contributed by atoms with Crippen molar-refractivity contribution in [2.24, 2.45) is 10.9 Å².